The van der Waals surface area contributed by atoms with E-state index >= 15 is 4.39 Å². The molecule has 0 saturated heterocycles. The molecule has 0 aromatic carbocycles. The molecule has 4 aromatic heterocycles. The largest absolute Gasteiger partial charge is 0.434 e. The van der Waals surface area contributed by atoms with Crippen molar-refractivity contribution in [2.75, 3.05) is 13.3 Å². The number of aromatic amines is 1. The molecule has 0 unspecified atom stereocenters. The lowest BCUT2D eigenvalue weighted by atomic mass is 10.1. The molecule has 4 rings (SSSR count). The fourth-order valence-electron chi connectivity index (χ4n) is 3.88. The Balaban J connectivity index is 1.99. The maximum atomic E-state index is 15.8. The van der Waals surface area contributed by atoms with Gasteiger partial charge in [-0.2, -0.15) is 0 Å². The van der Waals surface area contributed by atoms with E-state index in [2.05, 4.69) is 15.3 Å². The number of H-pyrrole nitrogens is 1. The topological polar surface area (TPSA) is 106 Å². The molecule has 1 amide bonds. The van der Waals surface area contributed by atoms with Crippen molar-refractivity contribution in [2.45, 2.75) is 33.7 Å². The lowest BCUT2D eigenvalue weighted by Crippen LogP contribution is -2.30. The van der Waals surface area contributed by atoms with Gasteiger partial charge in [-0.15, -0.1) is 11.3 Å². The van der Waals surface area contributed by atoms with Crippen LogP contribution in [0.15, 0.2) is 29.3 Å². The summed E-state index contributed by atoms with van der Waals surface area (Å²) < 4.78 is 36.2. The first kappa shape index (κ1) is 25.9. The van der Waals surface area contributed by atoms with Gasteiger partial charge < -0.3 is 24.2 Å². The normalized spacial score (nSPS) is 11.9. The molecule has 0 saturated carbocycles. The van der Waals surface area contributed by atoms with Crippen molar-refractivity contribution in [1.29, 1.82) is 0 Å². The summed E-state index contributed by atoms with van der Waals surface area (Å²) in [5.74, 6) is -0.984. The lowest BCUT2D eigenvalue weighted by molar-refractivity contribution is 0.0939. The Morgan fingerprint density at radius 2 is 1.97 bits per heavy atom. The average Bonchev–Trinajstić information content (AvgIpc) is 3.35. The van der Waals surface area contributed by atoms with E-state index in [1.165, 1.54) is 17.9 Å². The number of aryl methyl sites for hydroxylation is 3. The van der Waals surface area contributed by atoms with E-state index < -0.39 is 13.0 Å². The average molecular weight is 531 g/mol. The van der Waals surface area contributed by atoms with Gasteiger partial charge in [0.05, 0.1) is 4.88 Å². The van der Waals surface area contributed by atoms with Crippen LogP contribution in [0, 0.1) is 19.7 Å². The highest BCUT2D eigenvalue weighted by Gasteiger charge is 2.30. The predicted octanol–water partition coefficient (Wildman–Crippen LogP) is 4.92. The van der Waals surface area contributed by atoms with Crippen molar-refractivity contribution >= 4 is 39.9 Å². The standard InChI is InChI=1S/C25H28FN4O4PS/c1-12(2)28-22(31)17-9-15-16(11-30(5)24(32)19(15)29-17)21-20(18(26)25(36-21)35(6,7)33)34-23-14(4)8-13(3)10-27-23/h8-12,29H,1-7H3,(H,28,31). The number of carbonyl (C=O) groups excluding carboxylic acids is 1. The van der Waals surface area contributed by atoms with E-state index in [1.54, 1.807) is 32.4 Å². The van der Waals surface area contributed by atoms with Gasteiger partial charge in [0.25, 0.3) is 11.5 Å². The number of amides is 1. The molecular formula is C25H28FN4O4PS. The molecule has 0 fully saturated rings. The summed E-state index contributed by atoms with van der Waals surface area (Å²) in [6, 6.07) is 3.33. The number of nitrogens with zero attached hydrogens (tertiary/aromatic N) is 2. The van der Waals surface area contributed by atoms with Gasteiger partial charge in [0, 0.05) is 42.0 Å². The second kappa shape index (κ2) is 9.33. The number of halogens is 1. The molecule has 190 valence electrons. The van der Waals surface area contributed by atoms with E-state index in [4.69, 9.17) is 4.74 Å². The number of aromatic nitrogens is 3. The van der Waals surface area contributed by atoms with Crippen LogP contribution in [0.1, 0.15) is 35.5 Å². The van der Waals surface area contributed by atoms with Crippen LogP contribution in [-0.2, 0) is 11.6 Å². The van der Waals surface area contributed by atoms with E-state index in [1.807, 2.05) is 26.8 Å². The summed E-state index contributed by atoms with van der Waals surface area (Å²) in [5, 5.41) is 3.23. The first-order valence-corrected chi connectivity index (χ1v) is 14.7. The number of nitrogens with one attached hydrogen (secondary N) is 2. The summed E-state index contributed by atoms with van der Waals surface area (Å²) in [4.78, 5) is 33.1. The Morgan fingerprint density at radius 3 is 2.58 bits per heavy atom. The third kappa shape index (κ3) is 4.75. The molecule has 4 heterocycles. The number of fused-ring (bicyclic) bond motifs is 1. The van der Waals surface area contributed by atoms with Crippen LogP contribution in [0.5, 0.6) is 11.6 Å². The smallest absolute Gasteiger partial charge is 0.274 e. The zero-order chi connectivity index (χ0) is 26.5. The third-order valence-electron chi connectivity index (χ3n) is 5.52. The van der Waals surface area contributed by atoms with Gasteiger partial charge in [-0.1, -0.05) is 0 Å². The molecule has 0 atom stereocenters. The van der Waals surface area contributed by atoms with Crippen LogP contribution in [0.25, 0.3) is 21.3 Å². The Labute approximate surface area is 211 Å². The molecular weight excluding hydrogens is 502 g/mol. The van der Waals surface area contributed by atoms with Crippen LogP contribution in [0.2, 0.25) is 0 Å². The van der Waals surface area contributed by atoms with E-state index in [9.17, 15) is 14.2 Å². The van der Waals surface area contributed by atoms with Crippen LogP contribution in [0.4, 0.5) is 4.39 Å². The molecule has 0 aliphatic carbocycles. The molecule has 0 bridgehead atoms. The summed E-state index contributed by atoms with van der Waals surface area (Å²) in [6.45, 7) is 10.3. The van der Waals surface area contributed by atoms with Crippen molar-refractivity contribution in [3.63, 3.8) is 0 Å². The summed E-state index contributed by atoms with van der Waals surface area (Å²) in [5.41, 5.74) is 2.17. The molecule has 4 aromatic rings. The third-order valence-corrected chi connectivity index (χ3v) is 9.27. The minimum atomic E-state index is -3.01. The quantitative estimate of drug-likeness (QED) is 0.344. The molecule has 36 heavy (non-hydrogen) atoms. The second-order valence-electron chi connectivity index (χ2n) is 9.53. The monoisotopic (exact) mass is 530 g/mol. The fraction of sp³-hybridized carbons (Fsp3) is 0.320. The van der Waals surface area contributed by atoms with Crippen molar-refractivity contribution in [1.82, 2.24) is 19.9 Å². The minimum absolute atomic E-state index is 0.0765. The number of hydrogen-bond acceptors (Lipinski definition) is 6. The van der Waals surface area contributed by atoms with E-state index in [0.717, 1.165) is 16.9 Å². The Hall–Kier alpha value is -3.23. The van der Waals surface area contributed by atoms with Crippen molar-refractivity contribution in [3.05, 3.63) is 57.5 Å². The van der Waals surface area contributed by atoms with Crippen LogP contribution in [-0.4, -0.2) is 39.8 Å². The molecule has 11 heteroatoms. The number of pyridine rings is 2. The van der Waals surface area contributed by atoms with Crippen LogP contribution < -0.4 is 20.2 Å². The fourth-order valence-corrected chi connectivity index (χ4v) is 6.48. The van der Waals surface area contributed by atoms with Gasteiger partial charge in [-0.25, -0.2) is 9.37 Å². The van der Waals surface area contributed by atoms with Gasteiger partial charge >= 0.3 is 0 Å². The first-order valence-electron chi connectivity index (χ1n) is 11.3. The van der Waals surface area contributed by atoms with Gasteiger partial charge in [0.1, 0.15) is 23.0 Å². The number of carbonyl (C=O) groups is 1. The Morgan fingerprint density at radius 1 is 1.28 bits per heavy atom. The van der Waals surface area contributed by atoms with Crippen molar-refractivity contribution < 1.29 is 18.5 Å². The number of rotatable bonds is 6. The molecule has 0 radical (unpaired) electrons. The van der Waals surface area contributed by atoms with Gasteiger partial charge in [0.15, 0.2) is 11.6 Å². The first-order chi connectivity index (χ1) is 16.8. The summed E-state index contributed by atoms with van der Waals surface area (Å²) in [6.07, 6.45) is 3.18. The maximum absolute atomic E-state index is 15.8. The summed E-state index contributed by atoms with van der Waals surface area (Å²) in [7, 11) is -1.44. The maximum Gasteiger partial charge on any atom is 0.274 e. The van der Waals surface area contributed by atoms with Crippen molar-refractivity contribution in [2.24, 2.45) is 7.05 Å². The van der Waals surface area contributed by atoms with Gasteiger partial charge in [0.2, 0.25) is 5.88 Å². The minimum Gasteiger partial charge on any atom is -0.434 e. The molecule has 0 aliphatic heterocycles. The summed E-state index contributed by atoms with van der Waals surface area (Å²) >= 11 is 1.01. The second-order valence-corrected chi connectivity index (χ2v) is 14.0. The molecule has 8 nitrogen and oxygen atoms in total. The molecule has 0 spiro atoms. The zero-order valence-corrected chi connectivity index (χ0v) is 22.9. The van der Waals surface area contributed by atoms with Crippen LogP contribution in [0.3, 0.4) is 0 Å². The van der Waals surface area contributed by atoms with Gasteiger partial charge in [-0.05, 0) is 58.7 Å². The molecule has 2 N–H and O–H groups in total. The number of hydrogen-bond donors (Lipinski definition) is 2. The molecule has 0 aliphatic rings. The van der Waals surface area contributed by atoms with Crippen LogP contribution >= 0.6 is 18.5 Å². The lowest BCUT2D eigenvalue weighted by Gasteiger charge is -2.11. The highest BCUT2D eigenvalue weighted by atomic mass is 32.1. The highest BCUT2D eigenvalue weighted by molar-refractivity contribution is 7.75. The van der Waals surface area contributed by atoms with Crippen molar-refractivity contribution in [3.8, 4) is 22.1 Å². The van der Waals surface area contributed by atoms with E-state index in [-0.39, 0.29) is 45.0 Å². The van der Waals surface area contributed by atoms with Gasteiger partial charge in [-0.3, -0.25) is 9.59 Å². The number of thiophene rings is 1. The zero-order valence-electron chi connectivity index (χ0n) is 21.1. The number of ether oxygens (including phenoxy) is 1. The SMILES string of the molecule is Cc1cnc(Oc2c(-c3cn(C)c(=O)c4[nH]c(C(=O)NC(C)C)cc34)sc(P(C)(C)=O)c2F)c(C)c1. The Kier molecular flexibility index (Phi) is 6.70. The van der Waals surface area contributed by atoms with E-state index in [0.29, 0.717) is 21.4 Å². The predicted molar refractivity (Wildman–Crippen MR) is 142 cm³/mol. The Bertz CT molecular complexity index is 1610. The highest BCUT2D eigenvalue weighted by Crippen LogP contribution is 2.49.